The predicted octanol–water partition coefficient (Wildman–Crippen LogP) is 4.62. The van der Waals surface area contributed by atoms with Crippen molar-refractivity contribution in [2.24, 2.45) is 0 Å². The van der Waals surface area contributed by atoms with E-state index in [1.165, 1.54) is 29.2 Å². The smallest absolute Gasteiger partial charge is 0.422 e. The molecule has 1 aromatic rings. The number of halogens is 5. The second-order valence-electron chi connectivity index (χ2n) is 5.15. The minimum atomic E-state index is -4.44. The molecular weight excluding hydrogens is 341 g/mol. The van der Waals surface area contributed by atoms with Gasteiger partial charge in [-0.25, -0.2) is 8.78 Å². The number of ether oxygens (including phenoxy) is 1. The van der Waals surface area contributed by atoms with Crippen molar-refractivity contribution >= 4 is 5.70 Å². The van der Waals surface area contributed by atoms with Gasteiger partial charge in [0, 0.05) is 17.0 Å². The summed E-state index contributed by atoms with van der Waals surface area (Å²) in [7, 11) is 0. The molecule has 0 bridgehead atoms. The van der Waals surface area contributed by atoms with Crippen LogP contribution in [-0.2, 0) is 0 Å². The van der Waals surface area contributed by atoms with Crippen LogP contribution in [0.15, 0.2) is 54.3 Å². The lowest BCUT2D eigenvalue weighted by Crippen LogP contribution is -2.29. The van der Waals surface area contributed by atoms with Crippen LogP contribution in [0.25, 0.3) is 5.70 Å². The lowest BCUT2D eigenvalue weighted by atomic mass is 10.0. The number of benzene rings is 1. The normalized spacial score (nSPS) is 14.9. The third kappa shape index (κ3) is 4.86. The van der Waals surface area contributed by atoms with Gasteiger partial charge in [0.15, 0.2) is 6.61 Å². The molecule has 0 radical (unpaired) electrons. The lowest BCUT2D eigenvalue weighted by molar-refractivity contribution is -0.153. The summed E-state index contributed by atoms with van der Waals surface area (Å²) in [5.41, 5.74) is 1.59. The van der Waals surface area contributed by atoms with Crippen LogP contribution in [0.4, 0.5) is 22.0 Å². The first-order valence-corrected chi connectivity index (χ1v) is 7.15. The fraction of sp³-hybridized carbons (Fsp3) is 0.222. The van der Waals surface area contributed by atoms with Gasteiger partial charge in [0.25, 0.3) is 6.43 Å². The monoisotopic (exact) mass is 355 g/mol. The first-order chi connectivity index (χ1) is 11.7. The van der Waals surface area contributed by atoms with E-state index in [9.17, 15) is 22.0 Å². The summed E-state index contributed by atoms with van der Waals surface area (Å²) in [6.07, 6.45) is 1.42. The predicted molar refractivity (Wildman–Crippen MR) is 84.7 cm³/mol. The van der Waals surface area contributed by atoms with Crippen LogP contribution in [0.1, 0.15) is 5.56 Å². The minimum absolute atomic E-state index is 0.0246. The Morgan fingerprint density at radius 2 is 1.80 bits per heavy atom. The average molecular weight is 355 g/mol. The van der Waals surface area contributed by atoms with Crippen LogP contribution in [-0.4, -0.2) is 30.7 Å². The fourth-order valence-electron chi connectivity index (χ4n) is 2.26. The van der Waals surface area contributed by atoms with Crippen molar-refractivity contribution in [2.45, 2.75) is 12.6 Å². The molecule has 1 aliphatic rings. The molecule has 0 N–H and O–H groups in total. The van der Waals surface area contributed by atoms with Crippen molar-refractivity contribution in [3.05, 3.63) is 59.8 Å². The number of allylic oxidation sites excluding steroid dienone is 3. The topological polar surface area (TPSA) is 12.5 Å². The highest BCUT2D eigenvalue weighted by Gasteiger charge is 2.28. The molecule has 0 saturated heterocycles. The Kier molecular flexibility index (Phi) is 5.52. The molecule has 0 atom stereocenters. The van der Waals surface area contributed by atoms with Crippen LogP contribution < -0.4 is 4.74 Å². The van der Waals surface area contributed by atoms with Crippen LogP contribution in [0, 0.1) is 12.3 Å². The summed E-state index contributed by atoms with van der Waals surface area (Å²) >= 11 is 0. The van der Waals surface area contributed by atoms with Gasteiger partial charge >= 0.3 is 6.18 Å². The summed E-state index contributed by atoms with van der Waals surface area (Å²) < 4.78 is 66.8. The average Bonchev–Trinajstić information content (AvgIpc) is 2.54. The maximum absolute atomic E-state index is 12.9. The quantitative estimate of drug-likeness (QED) is 0.564. The van der Waals surface area contributed by atoms with Gasteiger partial charge in [0.2, 0.25) is 0 Å². The Bertz CT molecular complexity index is 738. The summed E-state index contributed by atoms with van der Waals surface area (Å²) in [5, 5.41) is 0. The van der Waals surface area contributed by atoms with E-state index in [4.69, 9.17) is 6.42 Å². The summed E-state index contributed by atoms with van der Waals surface area (Å²) in [6, 6.07) is 5.65. The second kappa shape index (κ2) is 7.43. The highest BCUT2D eigenvalue weighted by molar-refractivity contribution is 5.72. The van der Waals surface area contributed by atoms with Gasteiger partial charge in [-0.05, 0) is 42.0 Å². The molecule has 25 heavy (non-hydrogen) atoms. The SMILES string of the molecule is C#CC1=CC=C(c2ccc(OCC(F)(F)F)cc2)N(CC(F)F)C1=C. The maximum atomic E-state index is 12.9. The van der Waals surface area contributed by atoms with Gasteiger partial charge in [-0.1, -0.05) is 12.5 Å². The second-order valence-corrected chi connectivity index (χ2v) is 5.15. The van der Waals surface area contributed by atoms with E-state index in [-0.39, 0.29) is 11.4 Å². The molecule has 1 heterocycles. The van der Waals surface area contributed by atoms with E-state index in [0.717, 1.165) is 0 Å². The third-order valence-corrected chi connectivity index (χ3v) is 3.36. The highest BCUT2D eigenvalue weighted by atomic mass is 19.4. The molecule has 0 amide bonds. The molecule has 1 aliphatic heterocycles. The highest BCUT2D eigenvalue weighted by Crippen LogP contribution is 2.32. The summed E-state index contributed by atoms with van der Waals surface area (Å²) in [4.78, 5) is 1.28. The van der Waals surface area contributed by atoms with Gasteiger partial charge in [-0.3, -0.25) is 0 Å². The van der Waals surface area contributed by atoms with E-state index in [2.05, 4.69) is 17.2 Å². The minimum Gasteiger partial charge on any atom is -0.484 e. The number of alkyl halides is 5. The largest absolute Gasteiger partial charge is 0.484 e. The number of terminal acetylenes is 1. The van der Waals surface area contributed by atoms with Gasteiger partial charge in [-0.2, -0.15) is 13.2 Å². The van der Waals surface area contributed by atoms with E-state index >= 15 is 0 Å². The number of hydrogen-bond acceptors (Lipinski definition) is 2. The number of hydrogen-bond donors (Lipinski definition) is 0. The van der Waals surface area contributed by atoms with Gasteiger partial charge in [-0.15, -0.1) is 6.42 Å². The Morgan fingerprint density at radius 3 is 2.32 bits per heavy atom. The van der Waals surface area contributed by atoms with Crippen LogP contribution in [0.2, 0.25) is 0 Å². The van der Waals surface area contributed by atoms with E-state index in [1.807, 2.05) is 0 Å². The zero-order chi connectivity index (χ0) is 18.6. The standard InChI is InChI=1S/C18H14F5NO/c1-3-13-6-9-16(24(12(13)2)10-17(19)20)14-4-7-15(8-5-14)25-11-18(21,22)23/h1,4-9,17H,2,10-11H2. The zero-order valence-corrected chi connectivity index (χ0v) is 13.0. The Labute approximate surface area is 141 Å². The van der Waals surface area contributed by atoms with Crippen molar-refractivity contribution in [3.8, 4) is 18.1 Å². The molecule has 132 valence electrons. The van der Waals surface area contributed by atoms with Gasteiger partial charge < -0.3 is 9.64 Å². The number of rotatable bonds is 5. The fourth-order valence-corrected chi connectivity index (χ4v) is 2.26. The van der Waals surface area contributed by atoms with Crippen LogP contribution in [0.5, 0.6) is 5.75 Å². The third-order valence-electron chi connectivity index (χ3n) is 3.36. The summed E-state index contributed by atoms with van der Waals surface area (Å²) in [5.74, 6) is 2.40. The van der Waals surface area contributed by atoms with Gasteiger partial charge in [0.05, 0.1) is 6.54 Å². The van der Waals surface area contributed by atoms with E-state index < -0.39 is 25.8 Å². The van der Waals surface area contributed by atoms with E-state index in [1.54, 1.807) is 12.2 Å². The Hall–Kier alpha value is -2.75. The van der Waals surface area contributed by atoms with Crippen molar-refractivity contribution in [3.63, 3.8) is 0 Å². The molecule has 2 rings (SSSR count). The molecule has 0 spiro atoms. The van der Waals surface area contributed by atoms with Crippen molar-refractivity contribution in [2.75, 3.05) is 13.2 Å². The molecule has 0 aromatic heterocycles. The molecular formula is C18H14F5NO. The molecule has 0 unspecified atom stereocenters. The Balaban J connectivity index is 2.25. The maximum Gasteiger partial charge on any atom is 0.422 e. The molecule has 0 fully saturated rings. The lowest BCUT2D eigenvalue weighted by Gasteiger charge is -2.31. The van der Waals surface area contributed by atoms with Crippen molar-refractivity contribution in [1.29, 1.82) is 0 Å². The van der Waals surface area contributed by atoms with Crippen LogP contribution in [0.3, 0.4) is 0 Å². The molecule has 2 nitrogen and oxygen atoms in total. The summed E-state index contributed by atoms with van der Waals surface area (Å²) in [6.45, 7) is 1.74. The molecule has 1 aromatic carbocycles. The van der Waals surface area contributed by atoms with E-state index in [0.29, 0.717) is 16.8 Å². The Morgan fingerprint density at radius 1 is 1.16 bits per heavy atom. The first-order valence-electron chi connectivity index (χ1n) is 7.15. The molecule has 0 aliphatic carbocycles. The number of nitrogens with zero attached hydrogens (tertiary/aromatic N) is 1. The van der Waals surface area contributed by atoms with Crippen LogP contribution >= 0.6 is 0 Å². The molecule has 0 saturated carbocycles. The zero-order valence-electron chi connectivity index (χ0n) is 13.0. The van der Waals surface area contributed by atoms with Gasteiger partial charge in [0.1, 0.15) is 5.75 Å². The van der Waals surface area contributed by atoms with Crippen molar-refractivity contribution in [1.82, 2.24) is 4.90 Å². The molecule has 7 heteroatoms. The first kappa shape index (κ1) is 18.6. The van der Waals surface area contributed by atoms with Crippen molar-refractivity contribution < 1.29 is 26.7 Å².